The Bertz CT molecular complexity index is 1440. The molecule has 3 aromatic carbocycles. The highest BCUT2D eigenvalue weighted by Crippen LogP contribution is 2.32. The van der Waals surface area contributed by atoms with Gasteiger partial charge in [-0.2, -0.15) is 0 Å². The number of ether oxygens (including phenoxy) is 2. The summed E-state index contributed by atoms with van der Waals surface area (Å²) in [6.07, 6.45) is 0. The van der Waals surface area contributed by atoms with Crippen molar-refractivity contribution in [1.82, 2.24) is 0 Å². The Morgan fingerprint density at radius 2 is 1.48 bits per heavy atom. The van der Waals surface area contributed by atoms with Gasteiger partial charge in [-0.1, -0.05) is 12.1 Å². The van der Waals surface area contributed by atoms with Gasteiger partial charge in [0.2, 0.25) is 10.0 Å². The summed E-state index contributed by atoms with van der Waals surface area (Å²) in [5.74, 6) is 0.228. The number of hydrogen-bond acceptors (Lipinski definition) is 7. The smallest absolute Gasteiger partial charge is 0.262 e. The van der Waals surface area contributed by atoms with Crippen LogP contribution in [0.15, 0.2) is 76.5 Å². The first-order valence-corrected chi connectivity index (χ1v) is 12.6. The third-order valence-corrected chi connectivity index (χ3v) is 6.91. The van der Waals surface area contributed by atoms with Crippen LogP contribution < -0.4 is 24.7 Å². The van der Waals surface area contributed by atoms with E-state index in [2.05, 4.69) is 10.0 Å². The van der Waals surface area contributed by atoms with Gasteiger partial charge in [-0.05, 0) is 48.5 Å². The Morgan fingerprint density at radius 3 is 2.24 bits per heavy atom. The molecular formula is C21H19N3O7S2. The standard InChI is InChI=1S/C21H19N3O7S2/c22-32(26,27)17-6-2-4-15(12-17)23-21(25)14-3-1-5-16(11-14)24-33(28,29)18-7-8-19-20(13-18)31-10-9-30-19/h1-8,11-13,24H,9-10H2,(H,23,25)(H2,22,26,27). The molecule has 172 valence electrons. The molecule has 0 saturated heterocycles. The number of carbonyl (C=O) groups is 1. The summed E-state index contributed by atoms with van der Waals surface area (Å²) >= 11 is 0. The number of carbonyl (C=O) groups excluding carboxylic acids is 1. The van der Waals surface area contributed by atoms with E-state index >= 15 is 0 Å². The number of sulfonamides is 2. The SMILES string of the molecule is NS(=O)(=O)c1cccc(NC(=O)c2cccc(NS(=O)(=O)c3ccc4c(c3)OCCO4)c2)c1. The quantitative estimate of drug-likeness (QED) is 0.479. The normalized spacial score (nSPS) is 13.2. The van der Waals surface area contributed by atoms with Crippen molar-refractivity contribution >= 4 is 37.3 Å². The first kappa shape index (κ1) is 22.6. The first-order chi connectivity index (χ1) is 15.6. The minimum Gasteiger partial charge on any atom is -0.486 e. The van der Waals surface area contributed by atoms with Gasteiger partial charge in [0, 0.05) is 23.0 Å². The van der Waals surface area contributed by atoms with Gasteiger partial charge in [-0.15, -0.1) is 0 Å². The highest BCUT2D eigenvalue weighted by Gasteiger charge is 2.20. The Hall–Kier alpha value is -3.61. The molecule has 0 bridgehead atoms. The van der Waals surface area contributed by atoms with E-state index in [1.807, 2.05) is 0 Å². The molecular weight excluding hydrogens is 470 g/mol. The van der Waals surface area contributed by atoms with E-state index in [9.17, 15) is 21.6 Å². The molecule has 10 nitrogen and oxygen atoms in total. The lowest BCUT2D eigenvalue weighted by atomic mass is 10.2. The highest BCUT2D eigenvalue weighted by atomic mass is 32.2. The van der Waals surface area contributed by atoms with E-state index in [0.29, 0.717) is 24.7 Å². The predicted molar refractivity (Wildman–Crippen MR) is 120 cm³/mol. The van der Waals surface area contributed by atoms with Crippen LogP contribution in [0.1, 0.15) is 10.4 Å². The zero-order valence-electron chi connectivity index (χ0n) is 17.0. The van der Waals surface area contributed by atoms with Crippen LogP contribution in [0.5, 0.6) is 11.5 Å². The van der Waals surface area contributed by atoms with E-state index in [1.54, 1.807) is 0 Å². The number of anilines is 2. The molecule has 0 unspecified atom stereocenters. The maximum Gasteiger partial charge on any atom is 0.262 e. The van der Waals surface area contributed by atoms with Crippen LogP contribution in [0.4, 0.5) is 11.4 Å². The van der Waals surface area contributed by atoms with Crippen LogP contribution in [0.3, 0.4) is 0 Å². The van der Waals surface area contributed by atoms with Crippen LogP contribution >= 0.6 is 0 Å². The third-order valence-electron chi connectivity index (χ3n) is 4.62. The molecule has 0 saturated carbocycles. The molecule has 12 heteroatoms. The minimum absolute atomic E-state index is 0.0265. The van der Waals surface area contributed by atoms with Crippen LogP contribution in [-0.2, 0) is 20.0 Å². The van der Waals surface area contributed by atoms with Crippen molar-refractivity contribution in [1.29, 1.82) is 0 Å². The fraction of sp³-hybridized carbons (Fsp3) is 0.0952. The minimum atomic E-state index is -3.97. The molecule has 1 amide bonds. The number of rotatable bonds is 6. The molecule has 0 radical (unpaired) electrons. The molecule has 3 aromatic rings. The topological polar surface area (TPSA) is 154 Å². The molecule has 0 fully saturated rings. The average Bonchev–Trinajstić information content (AvgIpc) is 2.78. The van der Waals surface area contributed by atoms with Gasteiger partial charge in [-0.3, -0.25) is 9.52 Å². The van der Waals surface area contributed by atoms with Gasteiger partial charge in [-0.25, -0.2) is 22.0 Å². The highest BCUT2D eigenvalue weighted by molar-refractivity contribution is 7.92. The summed E-state index contributed by atoms with van der Waals surface area (Å²) in [4.78, 5) is 12.4. The fourth-order valence-electron chi connectivity index (χ4n) is 3.08. The largest absolute Gasteiger partial charge is 0.486 e. The first-order valence-electron chi connectivity index (χ1n) is 9.59. The third kappa shape index (κ3) is 5.25. The summed E-state index contributed by atoms with van der Waals surface area (Å²) < 4.78 is 61.9. The molecule has 1 heterocycles. The van der Waals surface area contributed by atoms with Gasteiger partial charge in [0.25, 0.3) is 15.9 Å². The second-order valence-corrected chi connectivity index (χ2v) is 10.3. The molecule has 0 atom stereocenters. The van der Waals surface area contributed by atoms with E-state index in [4.69, 9.17) is 14.6 Å². The van der Waals surface area contributed by atoms with Gasteiger partial charge in [0.15, 0.2) is 11.5 Å². The molecule has 4 N–H and O–H groups in total. The molecule has 0 aliphatic carbocycles. The summed E-state index contributed by atoms with van der Waals surface area (Å²) in [5.41, 5.74) is 0.531. The second kappa shape index (κ2) is 8.73. The van der Waals surface area contributed by atoms with Crippen molar-refractivity contribution in [2.45, 2.75) is 9.79 Å². The van der Waals surface area contributed by atoms with E-state index in [-0.39, 0.29) is 26.7 Å². The summed E-state index contributed by atoms with van der Waals surface area (Å²) in [7, 11) is -7.90. The Morgan fingerprint density at radius 1 is 0.788 bits per heavy atom. The van der Waals surface area contributed by atoms with Crippen molar-refractivity contribution in [3.05, 3.63) is 72.3 Å². The monoisotopic (exact) mass is 489 g/mol. The predicted octanol–water partition coefficient (Wildman–Crippen LogP) is 2.16. The summed E-state index contributed by atoms with van der Waals surface area (Å²) in [6.45, 7) is 0.708. The molecule has 33 heavy (non-hydrogen) atoms. The lowest BCUT2D eigenvalue weighted by molar-refractivity contribution is 0.102. The van der Waals surface area contributed by atoms with E-state index in [1.165, 1.54) is 66.7 Å². The number of primary sulfonamides is 1. The lowest BCUT2D eigenvalue weighted by Crippen LogP contribution is -2.18. The number of hydrogen-bond donors (Lipinski definition) is 3. The zero-order valence-corrected chi connectivity index (χ0v) is 18.6. The van der Waals surface area contributed by atoms with E-state index in [0.717, 1.165) is 0 Å². The van der Waals surface area contributed by atoms with Crippen LogP contribution in [0.2, 0.25) is 0 Å². The van der Waals surface area contributed by atoms with Crippen molar-refractivity contribution < 1.29 is 31.1 Å². The maximum absolute atomic E-state index is 12.8. The van der Waals surface area contributed by atoms with Gasteiger partial charge in [0.1, 0.15) is 13.2 Å². The van der Waals surface area contributed by atoms with Gasteiger partial charge in [0.05, 0.1) is 9.79 Å². The Labute approximate surface area is 190 Å². The van der Waals surface area contributed by atoms with Crippen LogP contribution in [-0.4, -0.2) is 36.0 Å². The number of benzene rings is 3. The zero-order chi connectivity index (χ0) is 23.6. The van der Waals surface area contributed by atoms with Crippen molar-refractivity contribution in [2.75, 3.05) is 23.3 Å². The summed E-state index contributed by atoms with van der Waals surface area (Å²) in [5, 5.41) is 7.67. The number of nitrogens with one attached hydrogen (secondary N) is 2. The second-order valence-electron chi connectivity index (χ2n) is 7.02. The number of nitrogens with two attached hydrogens (primary N) is 1. The molecule has 0 spiro atoms. The average molecular weight is 490 g/mol. The van der Waals surface area contributed by atoms with Crippen LogP contribution in [0, 0.1) is 0 Å². The number of fused-ring (bicyclic) bond motifs is 1. The fourth-order valence-corrected chi connectivity index (χ4v) is 4.71. The Kier molecular flexibility index (Phi) is 5.97. The number of amides is 1. The lowest BCUT2D eigenvalue weighted by Gasteiger charge is -2.19. The van der Waals surface area contributed by atoms with Crippen molar-refractivity contribution in [3.8, 4) is 11.5 Å². The molecule has 0 aromatic heterocycles. The van der Waals surface area contributed by atoms with Gasteiger partial charge < -0.3 is 14.8 Å². The summed E-state index contributed by atoms with van der Waals surface area (Å²) in [6, 6.07) is 15.6. The van der Waals surface area contributed by atoms with Gasteiger partial charge >= 0.3 is 0 Å². The molecule has 1 aliphatic heterocycles. The van der Waals surface area contributed by atoms with E-state index < -0.39 is 26.0 Å². The molecule has 1 aliphatic rings. The maximum atomic E-state index is 12.8. The van der Waals surface area contributed by atoms with Crippen molar-refractivity contribution in [2.24, 2.45) is 5.14 Å². The van der Waals surface area contributed by atoms with Crippen molar-refractivity contribution in [3.63, 3.8) is 0 Å². The molecule has 4 rings (SSSR count). The van der Waals surface area contributed by atoms with Crippen LogP contribution in [0.25, 0.3) is 0 Å². The Balaban J connectivity index is 1.52.